The van der Waals surface area contributed by atoms with Crippen LogP contribution >= 0.6 is 0 Å². The van der Waals surface area contributed by atoms with E-state index in [9.17, 15) is 27.5 Å². The first-order valence-corrected chi connectivity index (χ1v) is 7.19. The fourth-order valence-corrected chi connectivity index (χ4v) is 2.16. The van der Waals surface area contributed by atoms with E-state index in [1.54, 1.807) is 13.8 Å². The number of carbonyl (C=O) groups is 1. The highest BCUT2D eigenvalue weighted by molar-refractivity contribution is 6.03. The molecule has 1 rings (SSSR count). The molecule has 0 atom stereocenters. The zero-order valence-electron chi connectivity index (χ0n) is 13.7. The van der Waals surface area contributed by atoms with E-state index in [1.807, 2.05) is 0 Å². The van der Waals surface area contributed by atoms with Gasteiger partial charge in [-0.25, -0.2) is 4.39 Å². The largest absolute Gasteiger partial charge is 0.506 e. The second-order valence-electron chi connectivity index (χ2n) is 4.85. The van der Waals surface area contributed by atoms with Crippen molar-refractivity contribution in [3.8, 4) is 11.8 Å². The van der Waals surface area contributed by atoms with Gasteiger partial charge in [0.25, 0.3) is 5.91 Å². The van der Waals surface area contributed by atoms with Gasteiger partial charge < -0.3 is 14.7 Å². The predicted molar refractivity (Wildman–Crippen MR) is 81.0 cm³/mol. The second kappa shape index (κ2) is 7.88. The molecular weight excluding hydrogens is 344 g/mol. The Morgan fingerprint density at radius 1 is 1.32 bits per heavy atom. The van der Waals surface area contributed by atoms with Gasteiger partial charge in [0.1, 0.15) is 17.4 Å². The van der Waals surface area contributed by atoms with Gasteiger partial charge in [-0.3, -0.25) is 4.79 Å². The number of ether oxygens (including phenoxy) is 1. The van der Waals surface area contributed by atoms with Crippen molar-refractivity contribution in [3.63, 3.8) is 0 Å². The van der Waals surface area contributed by atoms with Gasteiger partial charge in [-0.1, -0.05) is 0 Å². The summed E-state index contributed by atoms with van der Waals surface area (Å²) in [7, 11) is 0.869. The minimum Gasteiger partial charge on any atom is -0.506 e. The molecule has 136 valence electrons. The molecule has 0 unspecified atom stereocenters. The van der Waals surface area contributed by atoms with Crippen molar-refractivity contribution in [2.45, 2.75) is 20.0 Å². The molecule has 0 aromatic heterocycles. The highest BCUT2D eigenvalue weighted by atomic mass is 19.4. The number of methoxy groups -OCH3 is 1. The SMILES string of the molecule is CCN(CC)C(=O)/C(C#N)=C(\O)c1cc(F)c(OC)c(C(F)(F)F)c1. The van der Waals surface area contributed by atoms with Crippen LogP contribution in [-0.4, -0.2) is 36.1 Å². The van der Waals surface area contributed by atoms with Crippen molar-refractivity contribution in [3.05, 3.63) is 34.6 Å². The number of aliphatic hydroxyl groups excluding tert-OH is 1. The number of benzene rings is 1. The van der Waals surface area contributed by atoms with Crippen LogP contribution in [0.15, 0.2) is 17.7 Å². The highest BCUT2D eigenvalue weighted by Crippen LogP contribution is 2.39. The number of aliphatic hydroxyl groups is 1. The third-order valence-corrected chi connectivity index (χ3v) is 3.44. The summed E-state index contributed by atoms with van der Waals surface area (Å²) < 4.78 is 57.5. The summed E-state index contributed by atoms with van der Waals surface area (Å²) in [5.74, 6) is -4.33. The maximum Gasteiger partial charge on any atom is 0.420 e. The average Bonchev–Trinajstić information content (AvgIpc) is 2.54. The average molecular weight is 360 g/mol. The number of hydrogen-bond acceptors (Lipinski definition) is 4. The van der Waals surface area contributed by atoms with E-state index in [0.717, 1.165) is 7.11 Å². The van der Waals surface area contributed by atoms with E-state index in [2.05, 4.69) is 4.74 Å². The maximum absolute atomic E-state index is 13.9. The van der Waals surface area contributed by atoms with Crippen LogP contribution in [0.4, 0.5) is 17.6 Å². The van der Waals surface area contributed by atoms with Crippen molar-refractivity contribution >= 4 is 11.7 Å². The van der Waals surface area contributed by atoms with Crippen molar-refractivity contribution in [1.29, 1.82) is 5.26 Å². The molecule has 25 heavy (non-hydrogen) atoms. The van der Waals surface area contributed by atoms with Gasteiger partial charge in [0.2, 0.25) is 0 Å². The van der Waals surface area contributed by atoms with E-state index >= 15 is 0 Å². The van der Waals surface area contributed by atoms with Crippen molar-refractivity contribution in [2.75, 3.05) is 20.2 Å². The number of nitriles is 1. The Bertz CT molecular complexity index is 732. The van der Waals surface area contributed by atoms with Gasteiger partial charge in [-0.05, 0) is 26.0 Å². The van der Waals surface area contributed by atoms with E-state index in [-0.39, 0.29) is 13.1 Å². The molecule has 0 radical (unpaired) electrons. The summed E-state index contributed by atoms with van der Waals surface area (Å²) in [5, 5.41) is 19.2. The number of hydrogen-bond donors (Lipinski definition) is 1. The van der Waals surface area contributed by atoms with Crippen LogP contribution < -0.4 is 4.74 Å². The molecule has 0 fully saturated rings. The first kappa shape index (κ1) is 20.3. The summed E-state index contributed by atoms with van der Waals surface area (Å²) in [6, 6.07) is 2.45. The van der Waals surface area contributed by atoms with Crippen molar-refractivity contribution in [2.24, 2.45) is 0 Å². The standard InChI is InChI=1S/C16H16F4N2O3/c1-4-22(5-2)15(24)10(8-21)13(23)9-6-11(16(18,19)20)14(25-3)12(17)7-9/h6-7,23H,4-5H2,1-3H3/b13-10-. The maximum atomic E-state index is 13.9. The summed E-state index contributed by atoms with van der Waals surface area (Å²) in [6.45, 7) is 3.70. The number of halogens is 4. The predicted octanol–water partition coefficient (Wildman–Crippen LogP) is 3.51. The molecule has 0 aliphatic heterocycles. The number of alkyl halides is 3. The van der Waals surface area contributed by atoms with Crippen LogP contribution in [0.1, 0.15) is 25.0 Å². The normalized spacial score (nSPS) is 12.2. The minimum absolute atomic E-state index is 0.221. The Balaban J connectivity index is 3.61. The Morgan fingerprint density at radius 2 is 1.88 bits per heavy atom. The number of amides is 1. The monoisotopic (exact) mass is 360 g/mol. The van der Waals surface area contributed by atoms with Crippen LogP contribution in [0.25, 0.3) is 5.76 Å². The molecule has 1 aromatic carbocycles. The Morgan fingerprint density at radius 3 is 2.28 bits per heavy atom. The number of carbonyl (C=O) groups excluding carboxylic acids is 1. The van der Waals surface area contributed by atoms with Gasteiger partial charge in [0.05, 0.1) is 7.11 Å². The van der Waals surface area contributed by atoms with E-state index < -0.39 is 46.1 Å². The van der Waals surface area contributed by atoms with Crippen molar-refractivity contribution in [1.82, 2.24) is 4.90 Å². The van der Waals surface area contributed by atoms with Crippen LogP contribution in [0.5, 0.6) is 5.75 Å². The molecule has 0 aliphatic rings. The molecule has 1 N–H and O–H groups in total. The van der Waals surface area contributed by atoms with Crippen molar-refractivity contribution < 1.29 is 32.2 Å². The molecule has 1 amide bonds. The topological polar surface area (TPSA) is 73.6 Å². The van der Waals surface area contributed by atoms with Crippen LogP contribution in [0.2, 0.25) is 0 Å². The Hall–Kier alpha value is -2.76. The van der Waals surface area contributed by atoms with Crippen LogP contribution in [0.3, 0.4) is 0 Å². The summed E-state index contributed by atoms with van der Waals surface area (Å²) in [6.07, 6.45) is -4.96. The molecule has 0 saturated carbocycles. The Kier molecular flexibility index (Phi) is 6.39. The lowest BCUT2D eigenvalue weighted by atomic mass is 10.0. The first-order valence-electron chi connectivity index (χ1n) is 7.19. The first-order chi connectivity index (χ1) is 11.6. The van der Waals surface area contributed by atoms with E-state index in [0.29, 0.717) is 12.1 Å². The van der Waals surface area contributed by atoms with Gasteiger partial charge in [-0.15, -0.1) is 0 Å². The highest BCUT2D eigenvalue weighted by Gasteiger charge is 2.37. The quantitative estimate of drug-likeness (QED) is 0.377. The fraction of sp³-hybridized carbons (Fsp3) is 0.375. The number of likely N-dealkylation sites (N-methyl/N-ethyl adjacent to an activating group) is 1. The van der Waals surface area contributed by atoms with Crippen LogP contribution in [-0.2, 0) is 11.0 Å². The molecule has 1 aromatic rings. The fourth-order valence-electron chi connectivity index (χ4n) is 2.16. The number of rotatable bonds is 5. The van der Waals surface area contributed by atoms with Gasteiger partial charge in [0, 0.05) is 18.7 Å². The third kappa shape index (κ3) is 4.21. The molecule has 9 heteroatoms. The molecule has 0 spiro atoms. The second-order valence-corrected chi connectivity index (χ2v) is 4.85. The number of nitrogens with zero attached hydrogens (tertiary/aromatic N) is 2. The molecule has 0 heterocycles. The molecule has 0 aliphatic carbocycles. The third-order valence-electron chi connectivity index (χ3n) is 3.44. The molecule has 0 saturated heterocycles. The lowest BCUT2D eigenvalue weighted by Gasteiger charge is -2.19. The van der Waals surface area contributed by atoms with E-state index in [4.69, 9.17) is 5.26 Å². The summed E-state index contributed by atoms with van der Waals surface area (Å²) in [4.78, 5) is 13.4. The zero-order valence-corrected chi connectivity index (χ0v) is 13.7. The summed E-state index contributed by atoms with van der Waals surface area (Å²) >= 11 is 0. The van der Waals surface area contributed by atoms with Gasteiger partial charge in [-0.2, -0.15) is 18.4 Å². The smallest absolute Gasteiger partial charge is 0.420 e. The minimum atomic E-state index is -4.96. The van der Waals surface area contributed by atoms with Gasteiger partial charge >= 0.3 is 6.18 Å². The molecule has 5 nitrogen and oxygen atoms in total. The Labute approximate surface area is 141 Å². The molecular formula is C16H16F4N2O3. The zero-order chi connectivity index (χ0) is 19.4. The van der Waals surface area contributed by atoms with Gasteiger partial charge in [0.15, 0.2) is 17.1 Å². The summed E-state index contributed by atoms with van der Waals surface area (Å²) in [5.41, 5.74) is -2.90. The molecule has 0 bridgehead atoms. The van der Waals surface area contributed by atoms with E-state index in [1.165, 1.54) is 11.0 Å². The lowest BCUT2D eigenvalue weighted by molar-refractivity contribution is -0.139. The van der Waals surface area contributed by atoms with Crippen LogP contribution in [0, 0.1) is 17.1 Å². The lowest BCUT2D eigenvalue weighted by Crippen LogP contribution is -2.31.